The van der Waals surface area contributed by atoms with Gasteiger partial charge in [0.05, 0.1) is 5.56 Å². The van der Waals surface area contributed by atoms with E-state index in [1.807, 2.05) is 0 Å². The van der Waals surface area contributed by atoms with Crippen LogP contribution < -0.4 is 5.73 Å². The smallest absolute Gasteiger partial charge is 0.303 e. The second kappa shape index (κ2) is 5.90. The molecule has 1 saturated heterocycles. The van der Waals surface area contributed by atoms with Gasteiger partial charge in [0.1, 0.15) is 5.82 Å². The number of carboxylic acid groups (broad SMARTS) is 1. The zero-order chi connectivity index (χ0) is 14.7. The van der Waals surface area contributed by atoms with Crippen molar-refractivity contribution in [2.75, 3.05) is 18.8 Å². The number of carboxylic acids is 1. The second-order valence-corrected chi connectivity index (χ2v) is 5.08. The average molecular weight is 280 g/mol. The molecule has 0 radical (unpaired) electrons. The van der Waals surface area contributed by atoms with Gasteiger partial charge in [-0.3, -0.25) is 9.59 Å². The highest BCUT2D eigenvalue weighted by molar-refractivity contribution is 5.95. The lowest BCUT2D eigenvalue weighted by molar-refractivity contribution is -0.137. The third-order valence-electron chi connectivity index (χ3n) is 3.56. The molecule has 1 heterocycles. The fourth-order valence-corrected chi connectivity index (χ4v) is 2.46. The third-order valence-corrected chi connectivity index (χ3v) is 3.56. The van der Waals surface area contributed by atoms with Crippen LogP contribution >= 0.6 is 0 Å². The van der Waals surface area contributed by atoms with Gasteiger partial charge in [-0.25, -0.2) is 4.39 Å². The van der Waals surface area contributed by atoms with E-state index in [4.69, 9.17) is 10.8 Å². The number of nitrogens with zero attached hydrogens (tertiary/aromatic N) is 1. The molecular weight excluding hydrogens is 263 g/mol. The number of amides is 1. The van der Waals surface area contributed by atoms with Gasteiger partial charge in [0.25, 0.3) is 5.91 Å². The van der Waals surface area contributed by atoms with Gasteiger partial charge in [-0.1, -0.05) is 0 Å². The van der Waals surface area contributed by atoms with Crippen LogP contribution in [-0.2, 0) is 4.79 Å². The van der Waals surface area contributed by atoms with Gasteiger partial charge >= 0.3 is 5.97 Å². The van der Waals surface area contributed by atoms with Crippen LogP contribution in [-0.4, -0.2) is 35.0 Å². The van der Waals surface area contributed by atoms with Gasteiger partial charge in [-0.2, -0.15) is 0 Å². The predicted octanol–water partition coefficient (Wildman–Crippen LogP) is 1.73. The zero-order valence-corrected chi connectivity index (χ0v) is 11.0. The van der Waals surface area contributed by atoms with Crippen molar-refractivity contribution in [2.24, 2.45) is 5.92 Å². The highest BCUT2D eigenvalue weighted by Crippen LogP contribution is 2.24. The minimum Gasteiger partial charge on any atom is -0.481 e. The summed E-state index contributed by atoms with van der Waals surface area (Å²) < 4.78 is 13.7. The summed E-state index contributed by atoms with van der Waals surface area (Å²) in [5.74, 6) is -1.64. The molecule has 1 aliphatic rings. The van der Waals surface area contributed by atoms with Crippen LogP contribution in [0.2, 0.25) is 0 Å². The second-order valence-electron chi connectivity index (χ2n) is 5.08. The number of hydrogen-bond acceptors (Lipinski definition) is 3. The quantitative estimate of drug-likeness (QED) is 0.823. The standard InChI is InChI=1S/C14H17FN2O3/c15-12-7-10(16)2-3-11(12)14(20)17-6-5-9(8-17)1-4-13(18)19/h2-3,7,9H,1,4-6,8,16H2,(H,18,19). The summed E-state index contributed by atoms with van der Waals surface area (Å²) in [7, 11) is 0. The summed E-state index contributed by atoms with van der Waals surface area (Å²) in [5, 5.41) is 8.65. The molecule has 1 unspecified atom stereocenters. The Kier molecular flexibility index (Phi) is 4.22. The lowest BCUT2D eigenvalue weighted by Gasteiger charge is -2.17. The van der Waals surface area contributed by atoms with Crippen molar-refractivity contribution in [1.29, 1.82) is 0 Å². The lowest BCUT2D eigenvalue weighted by Crippen LogP contribution is -2.29. The Morgan fingerprint density at radius 2 is 2.20 bits per heavy atom. The number of halogens is 1. The number of benzene rings is 1. The fraction of sp³-hybridized carbons (Fsp3) is 0.429. The molecule has 0 spiro atoms. The van der Waals surface area contributed by atoms with Crippen molar-refractivity contribution in [3.8, 4) is 0 Å². The van der Waals surface area contributed by atoms with E-state index in [0.717, 1.165) is 12.5 Å². The molecule has 5 nitrogen and oxygen atoms in total. The Morgan fingerprint density at radius 1 is 1.45 bits per heavy atom. The number of likely N-dealkylation sites (tertiary alicyclic amines) is 1. The third kappa shape index (κ3) is 3.26. The largest absolute Gasteiger partial charge is 0.481 e. The molecule has 2 rings (SSSR count). The summed E-state index contributed by atoms with van der Waals surface area (Å²) in [6.45, 7) is 1.02. The summed E-state index contributed by atoms with van der Waals surface area (Å²) in [5.41, 5.74) is 5.74. The summed E-state index contributed by atoms with van der Waals surface area (Å²) in [6, 6.07) is 4.01. The highest BCUT2D eigenvalue weighted by atomic mass is 19.1. The Hall–Kier alpha value is -2.11. The first-order chi connectivity index (χ1) is 9.47. The van der Waals surface area contributed by atoms with E-state index in [2.05, 4.69) is 0 Å². The molecule has 1 aliphatic heterocycles. The normalized spacial score (nSPS) is 18.2. The van der Waals surface area contributed by atoms with Crippen LogP contribution in [0, 0.1) is 11.7 Å². The van der Waals surface area contributed by atoms with Gasteiger partial charge in [0, 0.05) is 25.2 Å². The minimum atomic E-state index is -0.834. The van der Waals surface area contributed by atoms with Gasteiger partial charge in [-0.15, -0.1) is 0 Å². The van der Waals surface area contributed by atoms with E-state index in [-0.39, 0.29) is 29.5 Å². The van der Waals surface area contributed by atoms with E-state index in [1.165, 1.54) is 12.1 Å². The van der Waals surface area contributed by atoms with Crippen LogP contribution in [0.3, 0.4) is 0 Å². The molecule has 1 aromatic carbocycles. The molecule has 1 aromatic rings. The van der Waals surface area contributed by atoms with Crippen LogP contribution in [0.1, 0.15) is 29.6 Å². The predicted molar refractivity (Wildman–Crippen MR) is 71.7 cm³/mol. The van der Waals surface area contributed by atoms with Gasteiger partial charge in [0.2, 0.25) is 0 Å². The van der Waals surface area contributed by atoms with Crippen molar-refractivity contribution in [3.05, 3.63) is 29.6 Å². The molecule has 1 atom stereocenters. The monoisotopic (exact) mass is 280 g/mol. The minimum absolute atomic E-state index is 0.0121. The van der Waals surface area contributed by atoms with E-state index in [9.17, 15) is 14.0 Å². The summed E-state index contributed by atoms with van der Waals surface area (Å²) in [6.07, 6.45) is 1.40. The number of carbonyl (C=O) groups excluding carboxylic acids is 1. The Bertz CT molecular complexity index is 533. The zero-order valence-electron chi connectivity index (χ0n) is 11.0. The summed E-state index contributed by atoms with van der Waals surface area (Å²) >= 11 is 0. The number of aliphatic carboxylic acids is 1. The molecule has 6 heteroatoms. The van der Waals surface area contributed by atoms with E-state index in [0.29, 0.717) is 19.5 Å². The number of carbonyl (C=O) groups is 2. The first kappa shape index (κ1) is 14.3. The molecule has 20 heavy (non-hydrogen) atoms. The van der Waals surface area contributed by atoms with E-state index < -0.39 is 11.8 Å². The lowest BCUT2D eigenvalue weighted by atomic mass is 10.0. The maximum atomic E-state index is 13.7. The van der Waals surface area contributed by atoms with Crippen LogP contribution in [0.25, 0.3) is 0 Å². The van der Waals surface area contributed by atoms with Crippen molar-refractivity contribution < 1.29 is 19.1 Å². The van der Waals surface area contributed by atoms with Gasteiger partial charge in [0.15, 0.2) is 0 Å². The molecule has 3 N–H and O–H groups in total. The Labute approximate surface area is 116 Å². The van der Waals surface area contributed by atoms with Gasteiger partial charge in [-0.05, 0) is 37.0 Å². The first-order valence-electron chi connectivity index (χ1n) is 6.53. The molecule has 1 fully saturated rings. The first-order valence-corrected chi connectivity index (χ1v) is 6.53. The van der Waals surface area contributed by atoms with Crippen molar-refractivity contribution >= 4 is 17.6 Å². The molecular formula is C14H17FN2O3. The number of rotatable bonds is 4. The maximum Gasteiger partial charge on any atom is 0.303 e. The Morgan fingerprint density at radius 3 is 2.85 bits per heavy atom. The van der Waals surface area contributed by atoms with Crippen molar-refractivity contribution in [3.63, 3.8) is 0 Å². The molecule has 108 valence electrons. The van der Waals surface area contributed by atoms with Crippen molar-refractivity contribution in [1.82, 2.24) is 4.90 Å². The van der Waals surface area contributed by atoms with Gasteiger partial charge < -0.3 is 15.7 Å². The average Bonchev–Trinajstić information content (AvgIpc) is 2.84. The van der Waals surface area contributed by atoms with E-state index in [1.54, 1.807) is 4.90 Å². The Balaban J connectivity index is 1.99. The molecule has 0 saturated carbocycles. The SMILES string of the molecule is Nc1ccc(C(=O)N2CCC(CCC(=O)O)C2)c(F)c1. The number of anilines is 1. The van der Waals surface area contributed by atoms with Crippen molar-refractivity contribution in [2.45, 2.75) is 19.3 Å². The molecule has 1 amide bonds. The van der Waals surface area contributed by atoms with Crippen LogP contribution in [0.15, 0.2) is 18.2 Å². The maximum absolute atomic E-state index is 13.7. The number of nitrogens with two attached hydrogens (primary N) is 1. The van der Waals surface area contributed by atoms with E-state index >= 15 is 0 Å². The van der Waals surface area contributed by atoms with Crippen LogP contribution in [0.4, 0.5) is 10.1 Å². The highest BCUT2D eigenvalue weighted by Gasteiger charge is 2.28. The van der Waals surface area contributed by atoms with Crippen LogP contribution in [0.5, 0.6) is 0 Å². The number of hydrogen-bond donors (Lipinski definition) is 2. The molecule has 0 bridgehead atoms. The summed E-state index contributed by atoms with van der Waals surface area (Å²) in [4.78, 5) is 24.3. The number of nitrogen functional groups attached to an aromatic ring is 1. The topological polar surface area (TPSA) is 83.6 Å². The molecule has 0 aliphatic carbocycles. The fourth-order valence-electron chi connectivity index (χ4n) is 2.46. The molecule has 0 aromatic heterocycles.